The first-order chi connectivity index (χ1) is 6.14. The van der Waals surface area contributed by atoms with Gasteiger partial charge in [-0.2, -0.15) is 0 Å². The van der Waals surface area contributed by atoms with E-state index < -0.39 is 0 Å². The Kier molecular flexibility index (Phi) is 3.78. The van der Waals surface area contributed by atoms with Gasteiger partial charge in [0.25, 0.3) is 0 Å². The van der Waals surface area contributed by atoms with Crippen molar-refractivity contribution in [2.75, 3.05) is 6.54 Å². The molecule has 1 nitrogen and oxygen atoms in total. The highest BCUT2D eigenvalue weighted by molar-refractivity contribution is 4.88. The summed E-state index contributed by atoms with van der Waals surface area (Å²) in [7, 11) is 0. The van der Waals surface area contributed by atoms with E-state index in [1.807, 2.05) is 0 Å². The molecule has 1 aliphatic carbocycles. The van der Waals surface area contributed by atoms with Gasteiger partial charge in [-0.15, -0.1) is 0 Å². The molecular weight excluding hydrogens is 158 g/mol. The third-order valence-electron chi connectivity index (χ3n) is 3.95. The fourth-order valence-corrected chi connectivity index (χ4v) is 2.16. The summed E-state index contributed by atoms with van der Waals surface area (Å²) in [6.45, 7) is 10.6. The lowest BCUT2D eigenvalue weighted by Crippen LogP contribution is -2.38. The van der Waals surface area contributed by atoms with E-state index in [-0.39, 0.29) is 0 Å². The molecule has 0 aromatic heterocycles. The molecule has 0 aromatic carbocycles. The molecule has 0 saturated heterocycles. The van der Waals surface area contributed by atoms with Crippen LogP contribution in [0.15, 0.2) is 0 Å². The van der Waals surface area contributed by atoms with Gasteiger partial charge < -0.3 is 5.32 Å². The normalized spacial score (nSPS) is 18.2. The van der Waals surface area contributed by atoms with Crippen molar-refractivity contribution in [3.63, 3.8) is 0 Å². The zero-order valence-corrected chi connectivity index (χ0v) is 9.69. The Morgan fingerprint density at radius 2 is 1.77 bits per heavy atom. The first-order valence-corrected chi connectivity index (χ1v) is 5.88. The molecular formula is C12H25N. The lowest BCUT2D eigenvalue weighted by molar-refractivity contribution is 0.164. The number of hydrogen-bond donors (Lipinski definition) is 1. The van der Waals surface area contributed by atoms with Crippen molar-refractivity contribution in [1.29, 1.82) is 0 Å². The molecule has 0 bridgehead atoms. The molecule has 1 rings (SSSR count). The van der Waals surface area contributed by atoms with Crippen molar-refractivity contribution >= 4 is 0 Å². The summed E-state index contributed by atoms with van der Waals surface area (Å²) in [6.07, 6.45) is 5.42. The largest absolute Gasteiger partial charge is 0.313 e. The van der Waals surface area contributed by atoms with Gasteiger partial charge in [-0.25, -0.2) is 0 Å². The molecule has 0 radical (unpaired) electrons. The molecule has 13 heavy (non-hydrogen) atoms. The SMILES string of the molecule is CCC(CC)(CNC1CC1)C(C)C. The van der Waals surface area contributed by atoms with Crippen LogP contribution in [0.3, 0.4) is 0 Å². The van der Waals surface area contributed by atoms with E-state index in [9.17, 15) is 0 Å². The van der Waals surface area contributed by atoms with Gasteiger partial charge in [-0.3, -0.25) is 0 Å². The Bertz CT molecular complexity index is 143. The van der Waals surface area contributed by atoms with Gasteiger partial charge in [0.1, 0.15) is 0 Å². The summed E-state index contributed by atoms with van der Waals surface area (Å²) in [6, 6.07) is 0.858. The van der Waals surface area contributed by atoms with E-state index in [0.717, 1.165) is 12.0 Å². The van der Waals surface area contributed by atoms with E-state index in [0.29, 0.717) is 5.41 Å². The Balaban J connectivity index is 2.42. The fourth-order valence-electron chi connectivity index (χ4n) is 2.16. The molecule has 0 amide bonds. The van der Waals surface area contributed by atoms with E-state index >= 15 is 0 Å². The summed E-state index contributed by atoms with van der Waals surface area (Å²) in [5.41, 5.74) is 0.544. The maximum absolute atomic E-state index is 3.68. The zero-order valence-electron chi connectivity index (χ0n) is 9.69. The van der Waals surface area contributed by atoms with E-state index in [4.69, 9.17) is 0 Å². The van der Waals surface area contributed by atoms with Crippen LogP contribution < -0.4 is 5.32 Å². The summed E-state index contributed by atoms with van der Waals surface area (Å²) in [5.74, 6) is 0.800. The Labute approximate surface area is 83.3 Å². The minimum absolute atomic E-state index is 0.544. The minimum atomic E-state index is 0.544. The Morgan fingerprint density at radius 1 is 1.23 bits per heavy atom. The molecule has 0 unspecified atom stereocenters. The second-order valence-electron chi connectivity index (χ2n) is 4.88. The van der Waals surface area contributed by atoms with Gasteiger partial charge in [-0.05, 0) is 37.0 Å². The predicted octanol–water partition coefficient (Wildman–Crippen LogP) is 3.20. The van der Waals surface area contributed by atoms with Crippen molar-refractivity contribution in [2.45, 2.75) is 59.4 Å². The molecule has 0 atom stereocenters. The monoisotopic (exact) mass is 183 g/mol. The van der Waals surface area contributed by atoms with Crippen molar-refractivity contribution in [2.24, 2.45) is 11.3 Å². The molecule has 0 aliphatic heterocycles. The van der Waals surface area contributed by atoms with Crippen molar-refractivity contribution < 1.29 is 0 Å². The average molecular weight is 183 g/mol. The Morgan fingerprint density at radius 3 is 2.08 bits per heavy atom. The summed E-state index contributed by atoms with van der Waals surface area (Å²) in [4.78, 5) is 0. The van der Waals surface area contributed by atoms with Gasteiger partial charge in [0.2, 0.25) is 0 Å². The maximum Gasteiger partial charge on any atom is 0.00684 e. The van der Waals surface area contributed by atoms with E-state index in [1.54, 1.807) is 0 Å². The predicted molar refractivity (Wildman–Crippen MR) is 58.9 cm³/mol. The lowest BCUT2D eigenvalue weighted by atomic mass is 9.73. The third-order valence-corrected chi connectivity index (χ3v) is 3.95. The van der Waals surface area contributed by atoms with Gasteiger partial charge in [0.15, 0.2) is 0 Å². The van der Waals surface area contributed by atoms with Crippen LogP contribution in [-0.2, 0) is 0 Å². The first-order valence-electron chi connectivity index (χ1n) is 5.88. The van der Waals surface area contributed by atoms with Crippen LogP contribution in [0.25, 0.3) is 0 Å². The van der Waals surface area contributed by atoms with Crippen molar-refractivity contribution in [3.05, 3.63) is 0 Å². The third kappa shape index (κ3) is 2.70. The van der Waals surface area contributed by atoms with E-state index in [1.165, 1.54) is 32.2 Å². The molecule has 1 aliphatic rings. The quantitative estimate of drug-likeness (QED) is 0.667. The first kappa shape index (κ1) is 11.0. The smallest absolute Gasteiger partial charge is 0.00684 e. The van der Waals surface area contributed by atoms with Crippen LogP contribution in [0, 0.1) is 11.3 Å². The number of rotatable bonds is 6. The van der Waals surface area contributed by atoms with Crippen LogP contribution >= 0.6 is 0 Å². The lowest BCUT2D eigenvalue weighted by Gasteiger charge is -2.36. The van der Waals surface area contributed by atoms with Crippen molar-refractivity contribution in [3.8, 4) is 0 Å². The fraction of sp³-hybridized carbons (Fsp3) is 1.00. The molecule has 0 aromatic rings. The van der Waals surface area contributed by atoms with Gasteiger partial charge in [0, 0.05) is 12.6 Å². The van der Waals surface area contributed by atoms with Crippen LogP contribution in [0.5, 0.6) is 0 Å². The molecule has 0 spiro atoms. The second-order valence-corrected chi connectivity index (χ2v) is 4.88. The van der Waals surface area contributed by atoms with Crippen LogP contribution in [0.1, 0.15) is 53.4 Å². The average Bonchev–Trinajstić information content (AvgIpc) is 2.90. The van der Waals surface area contributed by atoms with Gasteiger partial charge in [0.05, 0.1) is 0 Å². The number of nitrogens with one attached hydrogen (secondary N) is 1. The molecule has 0 heterocycles. The van der Waals surface area contributed by atoms with Crippen LogP contribution in [-0.4, -0.2) is 12.6 Å². The molecule has 1 heteroatoms. The maximum atomic E-state index is 3.68. The molecule has 78 valence electrons. The highest BCUT2D eigenvalue weighted by Crippen LogP contribution is 2.35. The number of hydrogen-bond acceptors (Lipinski definition) is 1. The Hall–Kier alpha value is -0.0400. The molecule has 1 fully saturated rings. The second kappa shape index (κ2) is 4.45. The van der Waals surface area contributed by atoms with Crippen molar-refractivity contribution in [1.82, 2.24) is 5.32 Å². The summed E-state index contributed by atoms with van der Waals surface area (Å²) >= 11 is 0. The van der Waals surface area contributed by atoms with Gasteiger partial charge in [-0.1, -0.05) is 27.7 Å². The van der Waals surface area contributed by atoms with Gasteiger partial charge >= 0.3 is 0 Å². The summed E-state index contributed by atoms with van der Waals surface area (Å²) < 4.78 is 0. The van der Waals surface area contributed by atoms with Crippen LogP contribution in [0.4, 0.5) is 0 Å². The standard InChI is InChI=1S/C12H25N/c1-5-12(6-2,10(3)4)9-13-11-7-8-11/h10-11,13H,5-9H2,1-4H3. The van der Waals surface area contributed by atoms with E-state index in [2.05, 4.69) is 33.0 Å². The highest BCUT2D eigenvalue weighted by atomic mass is 15.0. The minimum Gasteiger partial charge on any atom is -0.313 e. The molecule has 1 N–H and O–H groups in total. The highest BCUT2D eigenvalue weighted by Gasteiger charge is 2.32. The topological polar surface area (TPSA) is 12.0 Å². The summed E-state index contributed by atoms with van der Waals surface area (Å²) in [5, 5.41) is 3.68. The zero-order chi connectivity index (χ0) is 9.90. The molecule has 1 saturated carbocycles. The van der Waals surface area contributed by atoms with Crippen LogP contribution in [0.2, 0.25) is 0 Å².